The van der Waals surface area contributed by atoms with Gasteiger partial charge >= 0.3 is 12.4 Å². The predicted molar refractivity (Wildman–Crippen MR) is 107 cm³/mol. The summed E-state index contributed by atoms with van der Waals surface area (Å²) in [7, 11) is 6.27. The van der Waals surface area contributed by atoms with Crippen LogP contribution >= 0.6 is 0 Å². The smallest absolute Gasteiger partial charge is 0.331 e. The minimum Gasteiger partial charge on any atom is -0.331 e. The lowest BCUT2D eigenvalue weighted by atomic mass is 9.94. The molecule has 0 bridgehead atoms. The highest BCUT2D eigenvalue weighted by atomic mass is 19.4. The fourth-order valence-corrected chi connectivity index (χ4v) is 3.06. The summed E-state index contributed by atoms with van der Waals surface area (Å²) in [5.41, 5.74) is 0.174. The van der Waals surface area contributed by atoms with Gasteiger partial charge in [0.15, 0.2) is 0 Å². The maximum absolute atomic E-state index is 12.9. The van der Waals surface area contributed by atoms with Crippen molar-refractivity contribution in [3.8, 4) is 0 Å². The van der Waals surface area contributed by atoms with Gasteiger partial charge in [-0.3, -0.25) is 0 Å². The zero-order valence-electron chi connectivity index (χ0n) is 17.2. The number of rotatable bonds is 7. The number of allylic oxidation sites excluding steroid dienone is 1. The first-order chi connectivity index (χ1) is 13.8. The summed E-state index contributed by atoms with van der Waals surface area (Å²) in [5, 5.41) is 0. The van der Waals surface area contributed by atoms with Crippen molar-refractivity contribution in [2.75, 3.05) is 27.7 Å². The molecule has 0 unspecified atom stereocenters. The molecule has 0 atom stereocenters. The van der Waals surface area contributed by atoms with Gasteiger partial charge in [0.05, 0.1) is 38.8 Å². The van der Waals surface area contributed by atoms with E-state index in [2.05, 4.69) is 21.1 Å². The second-order valence-corrected chi connectivity index (χ2v) is 8.28. The fourth-order valence-electron chi connectivity index (χ4n) is 3.06. The average molecular weight is 430 g/mol. The molecule has 0 aliphatic carbocycles. The summed E-state index contributed by atoms with van der Waals surface area (Å²) in [5.74, 6) is 0. The van der Waals surface area contributed by atoms with Gasteiger partial charge in [0.25, 0.3) is 0 Å². The number of unbranched alkanes of at least 4 members (excludes halogenated alkanes) is 2. The van der Waals surface area contributed by atoms with Crippen LogP contribution in [0.15, 0.2) is 54.6 Å². The van der Waals surface area contributed by atoms with Crippen molar-refractivity contribution in [3.05, 3.63) is 76.9 Å². The molecule has 0 saturated carbocycles. The number of alkyl halides is 6. The highest BCUT2D eigenvalue weighted by molar-refractivity contribution is 5.80. The first-order valence-corrected chi connectivity index (χ1v) is 9.63. The lowest BCUT2D eigenvalue weighted by molar-refractivity contribution is -0.870. The molecule has 0 aromatic heterocycles. The molecule has 30 heavy (non-hydrogen) atoms. The molecule has 2 rings (SSSR count). The van der Waals surface area contributed by atoms with Gasteiger partial charge in [-0.1, -0.05) is 30.3 Å². The van der Waals surface area contributed by atoms with E-state index < -0.39 is 23.5 Å². The summed E-state index contributed by atoms with van der Waals surface area (Å²) >= 11 is 0. The van der Waals surface area contributed by atoms with Crippen LogP contribution in [0.25, 0.3) is 5.57 Å². The molecule has 2 aromatic carbocycles. The van der Waals surface area contributed by atoms with Crippen molar-refractivity contribution < 1.29 is 30.8 Å². The zero-order valence-corrected chi connectivity index (χ0v) is 17.2. The van der Waals surface area contributed by atoms with Crippen molar-refractivity contribution >= 4 is 5.57 Å². The first kappa shape index (κ1) is 24.0. The van der Waals surface area contributed by atoms with Gasteiger partial charge < -0.3 is 4.48 Å². The number of quaternary nitrogens is 1. The van der Waals surface area contributed by atoms with E-state index in [0.29, 0.717) is 23.1 Å². The topological polar surface area (TPSA) is 0 Å². The lowest BCUT2D eigenvalue weighted by Crippen LogP contribution is -2.35. The Morgan fingerprint density at radius 1 is 0.700 bits per heavy atom. The van der Waals surface area contributed by atoms with Crippen LogP contribution in [0.5, 0.6) is 0 Å². The predicted octanol–water partition coefficient (Wildman–Crippen LogP) is 7.03. The Bertz CT molecular complexity index is 778. The molecule has 0 spiro atoms. The molecule has 1 nitrogen and oxygen atoms in total. The molecular weight excluding hydrogens is 404 g/mol. The van der Waals surface area contributed by atoms with Gasteiger partial charge in [0.2, 0.25) is 0 Å². The number of nitrogens with zero attached hydrogens (tertiary/aromatic N) is 1. The van der Waals surface area contributed by atoms with Gasteiger partial charge in [-0.2, -0.15) is 26.3 Å². The Morgan fingerprint density at radius 2 is 1.10 bits per heavy atom. The third-order valence-corrected chi connectivity index (χ3v) is 4.68. The highest BCUT2D eigenvalue weighted by Gasteiger charge is 2.31. The Morgan fingerprint density at radius 3 is 1.43 bits per heavy atom. The van der Waals surface area contributed by atoms with E-state index in [-0.39, 0.29) is 0 Å². The molecule has 0 amide bonds. The van der Waals surface area contributed by atoms with Crippen LogP contribution in [0.4, 0.5) is 26.3 Å². The summed E-state index contributed by atoms with van der Waals surface area (Å²) in [6, 6.07) is 9.40. The Hall–Kier alpha value is -2.28. The maximum Gasteiger partial charge on any atom is 0.416 e. The summed E-state index contributed by atoms with van der Waals surface area (Å²) in [6.45, 7) is 0.976. The third-order valence-electron chi connectivity index (χ3n) is 4.68. The SMILES string of the molecule is C[N+](C)(C)CCCCC=C(c1ccc(C(F)(F)F)cc1)c1ccc(C(F)(F)F)cc1. The van der Waals surface area contributed by atoms with Crippen molar-refractivity contribution in [1.29, 1.82) is 0 Å². The van der Waals surface area contributed by atoms with Gasteiger partial charge in [-0.15, -0.1) is 0 Å². The van der Waals surface area contributed by atoms with Gasteiger partial charge in [0, 0.05) is 0 Å². The molecule has 0 fully saturated rings. The first-order valence-electron chi connectivity index (χ1n) is 9.63. The molecule has 164 valence electrons. The van der Waals surface area contributed by atoms with Gasteiger partial charge in [-0.05, 0) is 60.2 Å². The largest absolute Gasteiger partial charge is 0.416 e. The Labute approximate surface area is 173 Å². The minimum atomic E-state index is -4.44. The molecule has 0 radical (unpaired) electrons. The minimum absolute atomic E-state index is 0.536. The molecule has 0 N–H and O–H groups in total. The second kappa shape index (κ2) is 9.25. The van der Waals surface area contributed by atoms with Crippen LogP contribution < -0.4 is 0 Å². The van der Waals surface area contributed by atoms with Crippen molar-refractivity contribution in [1.82, 2.24) is 0 Å². The summed E-state index contributed by atoms with van der Waals surface area (Å²) in [6.07, 6.45) is -4.48. The third kappa shape index (κ3) is 7.20. The van der Waals surface area contributed by atoms with E-state index in [4.69, 9.17) is 0 Å². The van der Waals surface area contributed by atoms with Crippen molar-refractivity contribution in [3.63, 3.8) is 0 Å². The number of hydrogen-bond acceptors (Lipinski definition) is 0. The van der Waals surface area contributed by atoms with Gasteiger partial charge in [0.1, 0.15) is 0 Å². The lowest BCUT2D eigenvalue weighted by Gasteiger charge is -2.23. The molecule has 0 aliphatic heterocycles. The van der Waals surface area contributed by atoms with Gasteiger partial charge in [-0.25, -0.2) is 0 Å². The molecule has 7 heteroatoms. The quantitative estimate of drug-likeness (QED) is 0.251. The van der Waals surface area contributed by atoms with E-state index in [1.54, 1.807) is 0 Å². The van der Waals surface area contributed by atoms with E-state index in [9.17, 15) is 26.3 Å². The number of halogens is 6. The van der Waals surface area contributed by atoms with Crippen LogP contribution in [0, 0.1) is 0 Å². The Kier molecular flexibility index (Phi) is 7.40. The standard InChI is InChI=1S/C23H26F6N/c1-30(2,3)16-6-4-5-7-21(17-8-12-19(13-9-17)22(24,25)26)18-10-14-20(15-11-18)23(27,28)29/h7-15H,4-6,16H2,1-3H3/q+1. The summed E-state index contributed by atoms with van der Waals surface area (Å²) in [4.78, 5) is 0. The number of hydrogen-bond donors (Lipinski definition) is 0. The molecule has 0 saturated heterocycles. The fraction of sp³-hybridized carbons (Fsp3) is 0.391. The monoisotopic (exact) mass is 430 g/mol. The molecular formula is C23H26F6N+. The number of benzene rings is 2. The van der Waals surface area contributed by atoms with E-state index in [1.807, 2.05) is 6.08 Å². The molecule has 2 aromatic rings. The highest BCUT2D eigenvalue weighted by Crippen LogP contribution is 2.33. The summed E-state index contributed by atoms with van der Waals surface area (Å²) < 4.78 is 78.0. The van der Waals surface area contributed by atoms with E-state index in [1.165, 1.54) is 24.3 Å². The average Bonchev–Trinajstić information content (AvgIpc) is 2.63. The van der Waals surface area contributed by atoms with Crippen LogP contribution in [0.2, 0.25) is 0 Å². The van der Waals surface area contributed by atoms with E-state index >= 15 is 0 Å². The Balaban J connectivity index is 2.29. The maximum atomic E-state index is 12.9. The van der Waals surface area contributed by atoms with E-state index in [0.717, 1.165) is 48.1 Å². The van der Waals surface area contributed by atoms with Crippen LogP contribution in [0.3, 0.4) is 0 Å². The molecule has 0 aliphatic rings. The van der Waals surface area contributed by atoms with Crippen LogP contribution in [-0.2, 0) is 12.4 Å². The van der Waals surface area contributed by atoms with Crippen LogP contribution in [0.1, 0.15) is 41.5 Å². The second-order valence-electron chi connectivity index (χ2n) is 8.28. The van der Waals surface area contributed by atoms with Crippen LogP contribution in [-0.4, -0.2) is 32.2 Å². The molecule has 0 heterocycles. The normalized spacial score (nSPS) is 12.7. The van der Waals surface area contributed by atoms with Crippen molar-refractivity contribution in [2.45, 2.75) is 31.6 Å². The zero-order chi connectivity index (χ0) is 22.6. The van der Waals surface area contributed by atoms with Crippen molar-refractivity contribution in [2.24, 2.45) is 0 Å².